The van der Waals surface area contributed by atoms with Crippen LogP contribution in [0.1, 0.15) is 50.5 Å². The van der Waals surface area contributed by atoms with Gasteiger partial charge in [0.15, 0.2) is 5.78 Å². The van der Waals surface area contributed by atoms with Crippen LogP contribution < -0.4 is 5.32 Å². The smallest absolute Gasteiger partial charge is 0.220 e. The lowest BCUT2D eigenvalue weighted by Crippen LogP contribution is -2.39. The Balaban J connectivity index is 1.75. The zero-order valence-electron chi connectivity index (χ0n) is 18.6. The van der Waals surface area contributed by atoms with Crippen molar-refractivity contribution in [3.63, 3.8) is 0 Å². The molecule has 1 aliphatic rings. The van der Waals surface area contributed by atoms with E-state index < -0.39 is 12.1 Å². The van der Waals surface area contributed by atoms with E-state index in [0.29, 0.717) is 44.9 Å². The van der Waals surface area contributed by atoms with Crippen LogP contribution >= 0.6 is 0 Å². The van der Waals surface area contributed by atoms with Crippen molar-refractivity contribution in [2.24, 2.45) is 0 Å². The molecular formula is C26H35NO5. The van der Waals surface area contributed by atoms with Gasteiger partial charge in [0.1, 0.15) is 0 Å². The molecule has 0 fully saturated rings. The highest BCUT2D eigenvalue weighted by atomic mass is 16.3. The number of allylic oxidation sites excluding steroid dienone is 5. The number of ketones is 1. The highest BCUT2D eigenvalue weighted by molar-refractivity contribution is 5.99. The van der Waals surface area contributed by atoms with Crippen LogP contribution in [0.2, 0.25) is 0 Å². The number of unbranched alkanes of at least 4 members (excludes halogenated alkanes) is 1. The van der Waals surface area contributed by atoms with Gasteiger partial charge in [-0.25, -0.2) is 0 Å². The molecule has 6 nitrogen and oxygen atoms in total. The number of nitrogens with one attached hydrogen (secondary N) is 1. The maximum Gasteiger partial charge on any atom is 0.220 e. The van der Waals surface area contributed by atoms with Crippen molar-refractivity contribution in [2.75, 3.05) is 13.2 Å². The second-order valence-corrected chi connectivity index (χ2v) is 8.08. The quantitative estimate of drug-likeness (QED) is 0.262. The zero-order valence-corrected chi connectivity index (χ0v) is 18.6. The van der Waals surface area contributed by atoms with Gasteiger partial charge in [0.25, 0.3) is 0 Å². The van der Waals surface area contributed by atoms with Crippen molar-refractivity contribution in [2.45, 2.75) is 63.5 Å². The summed E-state index contributed by atoms with van der Waals surface area (Å²) < 4.78 is 0. The van der Waals surface area contributed by atoms with Gasteiger partial charge in [0.05, 0.1) is 25.4 Å². The van der Waals surface area contributed by atoms with Crippen LogP contribution in [0.25, 0.3) is 0 Å². The molecule has 0 spiro atoms. The lowest BCUT2D eigenvalue weighted by Gasteiger charge is -2.12. The van der Waals surface area contributed by atoms with Crippen molar-refractivity contribution in [1.82, 2.24) is 5.32 Å². The fraction of sp³-hybridized carbons (Fsp3) is 0.462. The van der Waals surface area contributed by atoms with Crippen molar-refractivity contribution >= 4 is 11.7 Å². The molecule has 0 saturated carbocycles. The minimum atomic E-state index is -0.610. The first-order valence-electron chi connectivity index (χ1n) is 11.3. The monoisotopic (exact) mass is 441 g/mol. The molecule has 1 amide bonds. The molecule has 0 aliphatic heterocycles. The number of benzene rings is 1. The average Bonchev–Trinajstić information content (AvgIpc) is 3.16. The molecule has 2 rings (SSSR count). The van der Waals surface area contributed by atoms with Gasteiger partial charge in [0, 0.05) is 18.4 Å². The first kappa shape index (κ1) is 25.7. The molecule has 0 aromatic heterocycles. The maximum atomic E-state index is 12.2. The molecule has 0 unspecified atom stereocenters. The van der Waals surface area contributed by atoms with E-state index in [9.17, 15) is 14.7 Å². The van der Waals surface area contributed by atoms with Crippen LogP contribution in [0.5, 0.6) is 0 Å². The molecule has 0 radical (unpaired) electrons. The molecule has 1 aromatic carbocycles. The zero-order chi connectivity index (χ0) is 23.2. The fourth-order valence-corrected chi connectivity index (χ4v) is 3.59. The predicted octanol–water partition coefficient (Wildman–Crippen LogP) is 2.78. The van der Waals surface area contributed by atoms with E-state index in [1.807, 2.05) is 48.6 Å². The Morgan fingerprint density at radius 2 is 1.84 bits per heavy atom. The number of rotatable bonds is 14. The Morgan fingerprint density at radius 1 is 1.09 bits per heavy atom. The summed E-state index contributed by atoms with van der Waals surface area (Å²) in [7, 11) is 0. The lowest BCUT2D eigenvalue weighted by atomic mass is 10.0. The third-order valence-electron chi connectivity index (χ3n) is 5.51. The van der Waals surface area contributed by atoms with Crippen molar-refractivity contribution in [1.29, 1.82) is 0 Å². The first-order valence-corrected chi connectivity index (χ1v) is 11.3. The van der Waals surface area contributed by atoms with Gasteiger partial charge < -0.3 is 20.6 Å². The van der Waals surface area contributed by atoms with Gasteiger partial charge >= 0.3 is 0 Å². The SMILES string of the molecule is O=C(CCC/C=C\CC1=C(C=C[C@@H](O)CCc2ccccc2)CCC1=O)NC(CO)CO. The Labute approximate surface area is 190 Å². The Kier molecular flexibility index (Phi) is 11.7. The van der Waals surface area contributed by atoms with E-state index in [2.05, 4.69) is 5.32 Å². The molecule has 4 N–H and O–H groups in total. The highest BCUT2D eigenvalue weighted by Crippen LogP contribution is 2.27. The fourth-order valence-electron chi connectivity index (χ4n) is 3.59. The summed E-state index contributed by atoms with van der Waals surface area (Å²) in [4.78, 5) is 23.9. The Hall–Kier alpha value is -2.54. The molecule has 0 heterocycles. The number of aliphatic hydroxyl groups excluding tert-OH is 3. The summed E-state index contributed by atoms with van der Waals surface area (Å²) in [6.45, 7) is -0.571. The van der Waals surface area contributed by atoms with Gasteiger partial charge in [-0.1, -0.05) is 54.6 Å². The molecule has 32 heavy (non-hydrogen) atoms. The number of amides is 1. The van der Waals surface area contributed by atoms with Gasteiger partial charge in [-0.15, -0.1) is 0 Å². The largest absolute Gasteiger partial charge is 0.394 e. The molecule has 6 heteroatoms. The van der Waals surface area contributed by atoms with E-state index in [0.717, 1.165) is 17.6 Å². The number of carbonyl (C=O) groups is 2. The summed E-state index contributed by atoms with van der Waals surface area (Å²) in [6, 6.07) is 9.44. The first-order chi connectivity index (χ1) is 15.5. The molecule has 174 valence electrons. The lowest BCUT2D eigenvalue weighted by molar-refractivity contribution is -0.122. The Bertz CT molecular complexity index is 809. The number of aliphatic hydroxyl groups is 3. The van der Waals surface area contributed by atoms with E-state index in [1.165, 1.54) is 5.56 Å². The number of hydrogen-bond acceptors (Lipinski definition) is 5. The van der Waals surface area contributed by atoms with Crippen LogP contribution in [-0.2, 0) is 16.0 Å². The molecule has 1 atom stereocenters. The summed E-state index contributed by atoms with van der Waals surface area (Å²) in [6.07, 6.45) is 12.0. The minimum absolute atomic E-state index is 0.159. The van der Waals surface area contributed by atoms with Crippen LogP contribution in [0.4, 0.5) is 0 Å². The summed E-state index contributed by atoms with van der Waals surface area (Å²) in [5.41, 5.74) is 3.00. The normalized spacial score (nSPS) is 15.4. The highest BCUT2D eigenvalue weighted by Gasteiger charge is 2.20. The van der Waals surface area contributed by atoms with Crippen LogP contribution in [0.3, 0.4) is 0 Å². The average molecular weight is 442 g/mol. The molecule has 1 aliphatic carbocycles. The topological polar surface area (TPSA) is 107 Å². The number of hydrogen-bond donors (Lipinski definition) is 4. The number of aryl methyl sites for hydroxylation is 1. The standard InChI is InChI=1S/C26H35NO5/c28-18-22(19-29)27-26(32)11-7-2-1-6-10-24-21(14-17-25(24)31)13-16-23(30)15-12-20-8-4-3-5-9-20/h1,3-6,8-9,13,16,22-23,28-30H,2,7,10-12,14-15,17-19H2,(H,27,32)/b6-1-,16-13?/t23-/m0/s1. The molecule has 0 bridgehead atoms. The van der Waals surface area contributed by atoms with E-state index in [-0.39, 0.29) is 24.9 Å². The van der Waals surface area contributed by atoms with E-state index in [4.69, 9.17) is 10.2 Å². The van der Waals surface area contributed by atoms with Gasteiger partial charge in [-0.05, 0) is 49.7 Å². The molecule has 1 aromatic rings. The number of Topliss-reactive ketones (excluding diaryl/α,β-unsaturated/α-hetero) is 1. The molecular weight excluding hydrogens is 406 g/mol. The van der Waals surface area contributed by atoms with E-state index in [1.54, 1.807) is 6.08 Å². The van der Waals surface area contributed by atoms with Gasteiger partial charge in [-0.3, -0.25) is 9.59 Å². The van der Waals surface area contributed by atoms with Crippen LogP contribution in [-0.4, -0.2) is 52.4 Å². The second kappa shape index (κ2) is 14.5. The second-order valence-electron chi connectivity index (χ2n) is 8.08. The van der Waals surface area contributed by atoms with Crippen molar-refractivity contribution in [3.05, 3.63) is 71.3 Å². The van der Waals surface area contributed by atoms with Crippen molar-refractivity contribution < 1.29 is 24.9 Å². The van der Waals surface area contributed by atoms with Crippen LogP contribution in [0.15, 0.2) is 65.8 Å². The van der Waals surface area contributed by atoms with Gasteiger partial charge in [0.2, 0.25) is 5.91 Å². The maximum absolute atomic E-state index is 12.2. The summed E-state index contributed by atoms with van der Waals surface area (Å²) in [5.74, 6) is -0.0371. The predicted molar refractivity (Wildman–Crippen MR) is 125 cm³/mol. The third kappa shape index (κ3) is 9.30. The minimum Gasteiger partial charge on any atom is -0.394 e. The number of carbonyl (C=O) groups excluding carboxylic acids is 2. The summed E-state index contributed by atoms with van der Waals surface area (Å²) in [5, 5.41) is 30.8. The van der Waals surface area contributed by atoms with E-state index >= 15 is 0 Å². The third-order valence-corrected chi connectivity index (χ3v) is 5.51. The van der Waals surface area contributed by atoms with Crippen LogP contribution in [0, 0.1) is 0 Å². The Morgan fingerprint density at radius 3 is 2.56 bits per heavy atom. The van der Waals surface area contributed by atoms with Crippen molar-refractivity contribution in [3.8, 4) is 0 Å². The molecule has 0 saturated heterocycles. The van der Waals surface area contributed by atoms with Gasteiger partial charge in [-0.2, -0.15) is 0 Å². The summed E-state index contributed by atoms with van der Waals surface area (Å²) >= 11 is 0.